The number of hydrogen-bond donors (Lipinski definition) is 2. The number of para-hydroxylation sites is 1. The average molecular weight is 410 g/mol. The van der Waals surface area contributed by atoms with Gasteiger partial charge in [0.1, 0.15) is 0 Å². The van der Waals surface area contributed by atoms with Gasteiger partial charge >= 0.3 is 6.18 Å². The number of halogens is 3. The smallest absolute Gasteiger partial charge is 0.374 e. The Morgan fingerprint density at radius 1 is 1.11 bits per heavy atom. The number of rotatable bonds is 5. The van der Waals surface area contributed by atoms with E-state index in [1.165, 1.54) is 41.3 Å². The first kappa shape index (κ1) is 19.2. The number of amides is 1. The lowest BCUT2D eigenvalue weighted by molar-refractivity contribution is -0.136. The minimum Gasteiger partial charge on any atom is -0.374 e. The van der Waals surface area contributed by atoms with Crippen molar-refractivity contribution >= 4 is 39.8 Å². The Labute approximate surface area is 160 Å². The van der Waals surface area contributed by atoms with Crippen molar-refractivity contribution < 1.29 is 18.0 Å². The highest BCUT2D eigenvalue weighted by Crippen LogP contribution is 2.34. The molecule has 0 bridgehead atoms. The first-order valence-corrected chi connectivity index (χ1v) is 9.41. The van der Waals surface area contributed by atoms with Gasteiger partial charge in [-0.1, -0.05) is 47.4 Å². The van der Waals surface area contributed by atoms with Gasteiger partial charge in [-0.25, -0.2) is 0 Å². The van der Waals surface area contributed by atoms with Crippen LogP contribution in [-0.2, 0) is 11.9 Å². The lowest BCUT2D eigenvalue weighted by atomic mass is 10.1. The minimum absolute atomic E-state index is 0.265. The second kappa shape index (κ2) is 7.97. The number of nitrogens with zero attached hydrogens (tertiary/aromatic N) is 2. The summed E-state index contributed by atoms with van der Waals surface area (Å²) in [6.45, 7) is 0. The van der Waals surface area contributed by atoms with Crippen LogP contribution in [0.1, 0.15) is 21.5 Å². The number of benzene rings is 2. The molecule has 3 N–H and O–H groups in total. The summed E-state index contributed by atoms with van der Waals surface area (Å²) in [6.07, 6.45) is -4.54. The third-order valence-corrected chi connectivity index (χ3v) is 5.44. The highest BCUT2D eigenvalue weighted by atomic mass is 32.2. The predicted molar refractivity (Wildman–Crippen MR) is 99.7 cm³/mol. The van der Waals surface area contributed by atoms with Gasteiger partial charge in [-0.15, -0.1) is 10.2 Å². The van der Waals surface area contributed by atoms with Crippen LogP contribution in [0.15, 0.2) is 52.9 Å². The maximum absolute atomic E-state index is 13.0. The molecule has 0 atom stereocenters. The van der Waals surface area contributed by atoms with Crippen LogP contribution in [0.3, 0.4) is 0 Å². The second-order valence-electron chi connectivity index (χ2n) is 5.39. The van der Waals surface area contributed by atoms with Crippen LogP contribution in [0.25, 0.3) is 0 Å². The number of hydrogen-bond acceptors (Lipinski definition) is 6. The molecule has 140 valence electrons. The third-order valence-electron chi connectivity index (χ3n) is 3.48. The Hall–Kier alpha value is -2.59. The molecular formula is C17H13F3N4OS2. The zero-order valence-corrected chi connectivity index (χ0v) is 15.3. The molecular weight excluding hydrogens is 397 g/mol. The third kappa shape index (κ3) is 4.98. The molecule has 3 rings (SSSR count). The SMILES string of the molecule is Nc1nnc(SCc2ccc(C(=O)Nc3ccccc3C(F)(F)F)cc2)s1. The standard InChI is InChI=1S/C17H13F3N4OS2/c18-17(19,20)12-3-1-2-4-13(12)22-14(25)11-7-5-10(6-8-11)9-26-16-24-23-15(21)27-16/h1-8H,9H2,(H2,21,23)(H,22,25). The van der Waals surface area contributed by atoms with Crippen LogP contribution in [0, 0.1) is 0 Å². The summed E-state index contributed by atoms with van der Waals surface area (Å²) in [7, 11) is 0. The molecule has 0 spiro atoms. The molecule has 0 unspecified atom stereocenters. The van der Waals surface area contributed by atoms with Gasteiger partial charge in [-0.2, -0.15) is 13.2 Å². The van der Waals surface area contributed by atoms with E-state index in [1.807, 2.05) is 0 Å². The van der Waals surface area contributed by atoms with Gasteiger partial charge < -0.3 is 11.1 Å². The predicted octanol–water partition coefficient (Wildman–Crippen LogP) is 4.68. The lowest BCUT2D eigenvalue weighted by Crippen LogP contribution is -2.16. The molecule has 5 nitrogen and oxygen atoms in total. The van der Waals surface area contributed by atoms with E-state index < -0.39 is 17.6 Å². The van der Waals surface area contributed by atoms with Gasteiger partial charge in [0, 0.05) is 11.3 Å². The van der Waals surface area contributed by atoms with E-state index in [0.29, 0.717) is 10.9 Å². The average Bonchev–Trinajstić information content (AvgIpc) is 3.05. The molecule has 1 aromatic heterocycles. The van der Waals surface area contributed by atoms with Crippen molar-refractivity contribution in [2.45, 2.75) is 16.3 Å². The summed E-state index contributed by atoms with van der Waals surface area (Å²) in [5.41, 5.74) is 5.55. The molecule has 1 amide bonds. The molecule has 0 aliphatic carbocycles. The Morgan fingerprint density at radius 3 is 2.44 bits per heavy atom. The zero-order chi connectivity index (χ0) is 19.4. The van der Waals surface area contributed by atoms with E-state index in [0.717, 1.165) is 16.0 Å². The van der Waals surface area contributed by atoms with Gasteiger partial charge in [0.05, 0.1) is 11.3 Å². The van der Waals surface area contributed by atoms with Gasteiger partial charge in [-0.05, 0) is 29.8 Å². The van der Waals surface area contributed by atoms with Gasteiger partial charge in [-0.3, -0.25) is 4.79 Å². The van der Waals surface area contributed by atoms with Crippen molar-refractivity contribution in [3.05, 3.63) is 65.2 Å². The number of carbonyl (C=O) groups is 1. The van der Waals surface area contributed by atoms with Crippen molar-refractivity contribution in [2.75, 3.05) is 11.1 Å². The van der Waals surface area contributed by atoms with Crippen LogP contribution in [-0.4, -0.2) is 16.1 Å². The summed E-state index contributed by atoms with van der Waals surface area (Å²) in [5.74, 6) is -0.00392. The minimum atomic E-state index is -4.54. The molecule has 1 heterocycles. The number of nitrogens with one attached hydrogen (secondary N) is 1. The first-order valence-electron chi connectivity index (χ1n) is 7.61. The number of aromatic nitrogens is 2. The van der Waals surface area contributed by atoms with Gasteiger partial charge in [0.15, 0.2) is 4.34 Å². The summed E-state index contributed by atoms with van der Waals surface area (Å²) < 4.78 is 39.8. The summed E-state index contributed by atoms with van der Waals surface area (Å²) in [5, 5.41) is 10.3. The van der Waals surface area contributed by atoms with Crippen LogP contribution in [0.5, 0.6) is 0 Å². The lowest BCUT2D eigenvalue weighted by Gasteiger charge is -2.13. The molecule has 0 aliphatic heterocycles. The van der Waals surface area contributed by atoms with E-state index in [1.54, 1.807) is 24.3 Å². The number of anilines is 2. The highest BCUT2D eigenvalue weighted by Gasteiger charge is 2.33. The number of carbonyl (C=O) groups excluding carboxylic acids is 1. The molecule has 0 aliphatic rings. The largest absolute Gasteiger partial charge is 0.418 e. The van der Waals surface area contributed by atoms with Crippen molar-refractivity contribution in [3.8, 4) is 0 Å². The maximum Gasteiger partial charge on any atom is 0.418 e. The Balaban J connectivity index is 1.66. The number of alkyl halides is 3. The van der Waals surface area contributed by atoms with Crippen LogP contribution in [0.2, 0.25) is 0 Å². The zero-order valence-electron chi connectivity index (χ0n) is 13.7. The fourth-order valence-corrected chi connectivity index (χ4v) is 3.80. The summed E-state index contributed by atoms with van der Waals surface area (Å²) in [4.78, 5) is 12.3. The Kier molecular flexibility index (Phi) is 5.66. The maximum atomic E-state index is 13.0. The topological polar surface area (TPSA) is 80.9 Å². The van der Waals surface area contributed by atoms with Crippen molar-refractivity contribution in [2.24, 2.45) is 0 Å². The number of nitrogens with two attached hydrogens (primary N) is 1. The van der Waals surface area contributed by atoms with Gasteiger partial charge in [0.25, 0.3) is 5.91 Å². The van der Waals surface area contributed by atoms with E-state index in [-0.39, 0.29) is 11.3 Å². The highest BCUT2D eigenvalue weighted by molar-refractivity contribution is 8.00. The Bertz CT molecular complexity index is 942. The van der Waals surface area contributed by atoms with Gasteiger partial charge in [0.2, 0.25) is 5.13 Å². The summed E-state index contributed by atoms with van der Waals surface area (Å²) in [6, 6.07) is 11.5. The first-order chi connectivity index (χ1) is 12.8. The molecule has 0 fully saturated rings. The van der Waals surface area contributed by atoms with E-state index in [9.17, 15) is 18.0 Å². The molecule has 0 radical (unpaired) electrons. The van der Waals surface area contributed by atoms with E-state index in [2.05, 4.69) is 15.5 Å². The van der Waals surface area contributed by atoms with Crippen LogP contribution < -0.4 is 11.1 Å². The fraction of sp³-hybridized carbons (Fsp3) is 0.118. The van der Waals surface area contributed by atoms with Crippen molar-refractivity contribution in [1.82, 2.24) is 10.2 Å². The van der Waals surface area contributed by atoms with E-state index in [4.69, 9.17) is 5.73 Å². The molecule has 0 saturated heterocycles. The molecule has 3 aromatic rings. The molecule has 2 aromatic carbocycles. The normalized spacial score (nSPS) is 11.4. The van der Waals surface area contributed by atoms with E-state index >= 15 is 0 Å². The Morgan fingerprint density at radius 2 is 1.81 bits per heavy atom. The monoisotopic (exact) mass is 410 g/mol. The number of nitrogen functional groups attached to an aromatic ring is 1. The number of thioether (sulfide) groups is 1. The van der Waals surface area contributed by atoms with Crippen LogP contribution in [0.4, 0.5) is 24.0 Å². The van der Waals surface area contributed by atoms with Crippen molar-refractivity contribution in [1.29, 1.82) is 0 Å². The molecule has 0 saturated carbocycles. The van der Waals surface area contributed by atoms with Crippen LogP contribution >= 0.6 is 23.1 Å². The fourth-order valence-electron chi connectivity index (χ4n) is 2.21. The summed E-state index contributed by atoms with van der Waals surface area (Å²) >= 11 is 2.74. The quantitative estimate of drug-likeness (QED) is 0.597. The second-order valence-corrected chi connectivity index (χ2v) is 7.62. The molecule has 10 heteroatoms. The van der Waals surface area contributed by atoms with Crippen molar-refractivity contribution in [3.63, 3.8) is 0 Å². The molecule has 27 heavy (non-hydrogen) atoms.